The van der Waals surface area contributed by atoms with Gasteiger partial charge in [-0.25, -0.2) is 0 Å². The summed E-state index contributed by atoms with van der Waals surface area (Å²) in [4.78, 5) is 30.1. The summed E-state index contributed by atoms with van der Waals surface area (Å²) in [6, 6.07) is 0. The average molecular weight is 445 g/mol. The molecule has 0 aliphatic carbocycles. The Labute approximate surface area is 164 Å². The van der Waals surface area contributed by atoms with Crippen molar-refractivity contribution in [2.24, 2.45) is 0 Å². The monoisotopic (exact) mass is 442 g/mol. The minimum Gasteiger partial charge on any atom is -0.512 e. The van der Waals surface area contributed by atoms with Gasteiger partial charge < -0.3 is 15.3 Å². The Bertz CT molecular complexity index is 368. The van der Waals surface area contributed by atoms with E-state index < -0.39 is 0 Å². The Morgan fingerprint density at radius 2 is 0.682 bits per heavy atom. The third-order valence-corrected chi connectivity index (χ3v) is 1.24. The Morgan fingerprint density at radius 3 is 0.682 bits per heavy atom. The van der Waals surface area contributed by atoms with Crippen LogP contribution in [0.1, 0.15) is 41.5 Å². The summed E-state index contributed by atoms with van der Waals surface area (Å²) in [7, 11) is 0. The molecule has 0 radical (unpaired) electrons. The van der Waals surface area contributed by atoms with E-state index in [0.717, 1.165) is 0 Å². The predicted octanol–water partition coefficient (Wildman–Crippen LogP) is 3.11. The first-order valence-electron chi connectivity index (χ1n) is 6.02. The van der Waals surface area contributed by atoms with Crippen molar-refractivity contribution >= 4 is 17.3 Å². The molecule has 3 N–H and O–H groups in total. The van der Waals surface area contributed by atoms with E-state index in [-0.39, 0.29) is 75.5 Å². The van der Waals surface area contributed by atoms with Crippen LogP contribution < -0.4 is 0 Å². The van der Waals surface area contributed by atoms with Crippen LogP contribution in [0.4, 0.5) is 0 Å². The second-order valence-corrected chi connectivity index (χ2v) is 4.19. The molecular formula is C15H24NdO6. The second kappa shape index (κ2) is 18.0. The first kappa shape index (κ1) is 29.0. The molecule has 0 heterocycles. The van der Waals surface area contributed by atoms with E-state index in [2.05, 4.69) is 0 Å². The Hall–Kier alpha value is -1.02. The molecule has 0 aliphatic rings. The van der Waals surface area contributed by atoms with Crippen molar-refractivity contribution in [3.63, 3.8) is 0 Å². The maximum absolute atomic E-state index is 10.0. The van der Waals surface area contributed by atoms with Gasteiger partial charge in [0, 0.05) is 59.1 Å². The molecule has 0 bridgehead atoms. The third kappa shape index (κ3) is 50.9. The maximum atomic E-state index is 10.0. The van der Waals surface area contributed by atoms with E-state index in [1.807, 2.05) is 0 Å². The number of aliphatic hydroxyl groups excluding tert-OH is 3. The number of hydrogen-bond donors (Lipinski definition) is 3. The fraction of sp³-hybridized carbons (Fsp3) is 0.400. The van der Waals surface area contributed by atoms with Crippen molar-refractivity contribution < 1.29 is 70.5 Å². The maximum Gasteiger partial charge on any atom is 0.155 e. The Kier molecular flexibility index (Phi) is 23.8. The number of carbonyl (C=O) groups excluding carboxylic acids is 3. The molecule has 0 unspecified atom stereocenters. The van der Waals surface area contributed by atoms with Crippen molar-refractivity contribution in [2.45, 2.75) is 41.5 Å². The van der Waals surface area contributed by atoms with Crippen LogP contribution in [0.3, 0.4) is 0 Å². The number of hydrogen-bond acceptors (Lipinski definition) is 6. The number of rotatable bonds is 3. The molecule has 0 aromatic carbocycles. The van der Waals surface area contributed by atoms with E-state index in [4.69, 9.17) is 15.3 Å². The fourth-order valence-corrected chi connectivity index (χ4v) is 0.882. The molecule has 0 saturated heterocycles. The smallest absolute Gasteiger partial charge is 0.155 e. The van der Waals surface area contributed by atoms with Gasteiger partial charge in [0.25, 0.3) is 0 Å². The third-order valence-electron chi connectivity index (χ3n) is 1.24. The average Bonchev–Trinajstić information content (AvgIpc) is 2.10. The molecule has 0 spiro atoms. The van der Waals surface area contributed by atoms with Crippen LogP contribution in [0.15, 0.2) is 35.5 Å². The zero-order valence-electron chi connectivity index (χ0n) is 13.8. The van der Waals surface area contributed by atoms with E-state index >= 15 is 0 Å². The van der Waals surface area contributed by atoms with Gasteiger partial charge in [-0.3, -0.25) is 14.4 Å². The Morgan fingerprint density at radius 1 is 0.545 bits per heavy atom. The van der Waals surface area contributed by atoms with E-state index in [0.29, 0.717) is 0 Å². The van der Waals surface area contributed by atoms with Gasteiger partial charge in [0.15, 0.2) is 17.3 Å². The number of allylic oxidation sites excluding steroid dienone is 6. The topological polar surface area (TPSA) is 112 Å². The summed E-state index contributed by atoms with van der Waals surface area (Å²) >= 11 is 0. The van der Waals surface area contributed by atoms with Gasteiger partial charge in [-0.2, -0.15) is 0 Å². The molecule has 0 saturated carbocycles. The molecule has 0 aromatic rings. The first-order valence-corrected chi connectivity index (χ1v) is 6.02. The van der Waals surface area contributed by atoms with Gasteiger partial charge in [-0.1, -0.05) is 0 Å². The molecule has 22 heavy (non-hydrogen) atoms. The molecule has 0 amide bonds. The largest absolute Gasteiger partial charge is 0.512 e. The van der Waals surface area contributed by atoms with Gasteiger partial charge in [-0.05, 0) is 41.5 Å². The van der Waals surface area contributed by atoms with E-state index in [1.54, 1.807) is 0 Å². The molecule has 0 aromatic heterocycles. The van der Waals surface area contributed by atoms with Crippen LogP contribution in [-0.4, -0.2) is 32.7 Å². The van der Waals surface area contributed by atoms with Crippen LogP contribution in [-0.2, 0) is 14.4 Å². The number of ketones is 3. The standard InChI is InChI=1S/3C5H8O2.Nd/c3*1-4(6)3-5(2)7;/h3*3,6H,1-2H3;/b3*4-3-;. The van der Waals surface area contributed by atoms with Crippen molar-refractivity contribution in [3.05, 3.63) is 35.5 Å². The summed E-state index contributed by atoms with van der Waals surface area (Å²) in [5.41, 5.74) is 0. The van der Waals surface area contributed by atoms with Gasteiger partial charge in [-0.15, -0.1) is 0 Å². The van der Waals surface area contributed by atoms with Gasteiger partial charge in [0.05, 0.1) is 17.3 Å². The van der Waals surface area contributed by atoms with E-state index in [1.165, 1.54) is 59.8 Å². The van der Waals surface area contributed by atoms with Gasteiger partial charge in [0.1, 0.15) is 0 Å². The quantitative estimate of drug-likeness (QED) is 0.455. The normalized spacial score (nSPS) is 10.9. The zero-order chi connectivity index (χ0) is 17.6. The Balaban J connectivity index is -0.000000108. The molecule has 0 atom stereocenters. The van der Waals surface area contributed by atoms with Crippen molar-refractivity contribution in [3.8, 4) is 0 Å². The minimum atomic E-state index is -0.125. The molecular weight excluding hydrogens is 420 g/mol. The number of aliphatic hydroxyl groups is 3. The van der Waals surface area contributed by atoms with Crippen molar-refractivity contribution in [2.75, 3.05) is 0 Å². The summed E-state index contributed by atoms with van der Waals surface area (Å²) in [6.07, 6.45) is 3.50. The SMILES string of the molecule is CC(=O)/C=C(/C)O.CC(=O)/C=C(/C)O.CC(=O)/C=C(/C)O.[Nd]. The zero-order valence-corrected chi connectivity index (χ0v) is 17.0. The van der Waals surface area contributed by atoms with Gasteiger partial charge >= 0.3 is 0 Å². The fourth-order valence-electron chi connectivity index (χ4n) is 0.882. The second-order valence-electron chi connectivity index (χ2n) is 4.19. The molecule has 0 aliphatic heterocycles. The molecule has 7 heteroatoms. The molecule has 124 valence electrons. The van der Waals surface area contributed by atoms with Crippen LogP contribution in [0.2, 0.25) is 0 Å². The summed E-state index contributed by atoms with van der Waals surface area (Å²) in [6.45, 7) is 8.54. The molecule has 0 fully saturated rings. The van der Waals surface area contributed by atoms with Crippen LogP contribution in [0.5, 0.6) is 0 Å². The first-order chi connectivity index (χ1) is 9.38. The molecule has 6 nitrogen and oxygen atoms in total. The molecule has 0 rings (SSSR count). The predicted molar refractivity (Wildman–Crippen MR) is 81.2 cm³/mol. The van der Waals surface area contributed by atoms with Gasteiger partial charge in [0.2, 0.25) is 0 Å². The van der Waals surface area contributed by atoms with Crippen molar-refractivity contribution in [1.82, 2.24) is 0 Å². The van der Waals surface area contributed by atoms with Crippen molar-refractivity contribution in [1.29, 1.82) is 0 Å². The number of carbonyl (C=O) groups is 3. The van der Waals surface area contributed by atoms with E-state index in [9.17, 15) is 14.4 Å². The summed E-state index contributed by atoms with van der Waals surface area (Å²) in [5.74, 6) is -0.187. The van der Waals surface area contributed by atoms with Crippen LogP contribution in [0, 0.1) is 40.8 Å². The van der Waals surface area contributed by atoms with Crippen LogP contribution in [0.25, 0.3) is 0 Å². The minimum absolute atomic E-state index is 0. The van der Waals surface area contributed by atoms with Crippen LogP contribution >= 0.6 is 0 Å². The summed E-state index contributed by atoms with van der Waals surface area (Å²) < 4.78 is 0. The summed E-state index contributed by atoms with van der Waals surface area (Å²) in [5, 5.41) is 25.1.